The van der Waals surface area contributed by atoms with E-state index in [-0.39, 0.29) is 51.4 Å². The molecule has 4 aliphatic heterocycles. The molecule has 0 spiro atoms. The van der Waals surface area contributed by atoms with Gasteiger partial charge in [-0.25, -0.2) is 9.18 Å². The molecular formula is C42H54FN7O8. The first-order valence-corrected chi connectivity index (χ1v) is 20.1. The van der Waals surface area contributed by atoms with E-state index < -0.39 is 90.1 Å². The van der Waals surface area contributed by atoms with Crippen molar-refractivity contribution in [1.82, 2.24) is 35.6 Å². The summed E-state index contributed by atoms with van der Waals surface area (Å²) in [7, 11) is 1.83. The first-order chi connectivity index (χ1) is 27.6. The highest BCUT2D eigenvalue weighted by Gasteiger charge is 2.46. The number of fused-ring (bicyclic) bond motifs is 3. The van der Waals surface area contributed by atoms with E-state index in [0.29, 0.717) is 30.5 Å². The number of likely N-dealkylation sites (N-methyl/N-ethyl adjacent to an activating group) is 1. The van der Waals surface area contributed by atoms with Crippen molar-refractivity contribution in [2.45, 2.75) is 96.1 Å². The Hall–Kier alpha value is -5.38. The monoisotopic (exact) mass is 803 g/mol. The minimum atomic E-state index is -1.48. The average molecular weight is 804 g/mol. The zero-order valence-corrected chi connectivity index (χ0v) is 33.8. The molecule has 0 aliphatic carbocycles. The third-order valence-electron chi connectivity index (χ3n) is 11.6. The third kappa shape index (κ3) is 9.65. The maximum absolute atomic E-state index is 14.6. The summed E-state index contributed by atoms with van der Waals surface area (Å²) in [5.41, 5.74) is 2.48. The zero-order valence-electron chi connectivity index (χ0n) is 33.8. The topological polar surface area (TPSA) is 178 Å². The summed E-state index contributed by atoms with van der Waals surface area (Å²) in [4.78, 5) is 104. The van der Waals surface area contributed by atoms with Gasteiger partial charge in [-0.2, -0.15) is 0 Å². The van der Waals surface area contributed by atoms with E-state index in [0.717, 1.165) is 11.1 Å². The Morgan fingerprint density at radius 3 is 2.38 bits per heavy atom. The molecule has 0 unspecified atom stereocenters. The van der Waals surface area contributed by atoms with Gasteiger partial charge in [-0.3, -0.25) is 28.8 Å². The molecule has 2 aromatic carbocycles. The van der Waals surface area contributed by atoms with Gasteiger partial charge in [-0.05, 0) is 75.8 Å². The molecule has 16 heteroatoms. The fraction of sp³-hybridized carbons (Fsp3) is 0.548. The van der Waals surface area contributed by atoms with Gasteiger partial charge in [0.15, 0.2) is 0 Å². The Morgan fingerprint density at radius 1 is 0.879 bits per heavy atom. The lowest BCUT2D eigenvalue weighted by Gasteiger charge is -2.42. The average Bonchev–Trinajstić information content (AvgIpc) is 3.83. The van der Waals surface area contributed by atoms with Crippen molar-refractivity contribution in [2.24, 2.45) is 5.92 Å². The molecule has 6 rings (SSSR count). The summed E-state index contributed by atoms with van der Waals surface area (Å²) in [6.07, 6.45) is 0.885. The highest BCUT2D eigenvalue weighted by Crippen LogP contribution is 2.27. The second-order valence-corrected chi connectivity index (χ2v) is 16.3. The molecular weight excluding hydrogens is 750 g/mol. The highest BCUT2D eigenvalue weighted by molar-refractivity contribution is 5.98. The summed E-state index contributed by atoms with van der Waals surface area (Å²) >= 11 is 0. The van der Waals surface area contributed by atoms with E-state index >= 15 is 0 Å². The number of nitrogens with zero attached hydrogens (tertiary/aromatic N) is 4. The van der Waals surface area contributed by atoms with Crippen molar-refractivity contribution in [1.29, 1.82) is 0 Å². The summed E-state index contributed by atoms with van der Waals surface area (Å²) in [6, 6.07) is 5.24. The minimum Gasteiger partial charge on any atom is -0.461 e. The van der Waals surface area contributed by atoms with Gasteiger partial charge in [-0.1, -0.05) is 48.9 Å². The third-order valence-corrected chi connectivity index (χ3v) is 11.6. The largest absolute Gasteiger partial charge is 0.461 e. The van der Waals surface area contributed by atoms with Crippen LogP contribution in [0.4, 0.5) is 4.39 Å². The maximum Gasteiger partial charge on any atom is 0.328 e. The number of amides is 6. The van der Waals surface area contributed by atoms with Crippen LogP contribution in [-0.4, -0.2) is 144 Å². The van der Waals surface area contributed by atoms with Gasteiger partial charge in [0.05, 0.1) is 6.42 Å². The Kier molecular flexibility index (Phi) is 13.1. The molecule has 7 atom stereocenters. The number of ether oxygens (including phenoxy) is 1. The van der Waals surface area contributed by atoms with Crippen LogP contribution in [0.2, 0.25) is 0 Å². The van der Waals surface area contributed by atoms with Crippen molar-refractivity contribution in [2.75, 3.05) is 46.4 Å². The molecule has 0 aromatic heterocycles. The number of esters is 1. The molecule has 312 valence electrons. The van der Waals surface area contributed by atoms with Crippen LogP contribution >= 0.6 is 0 Å². The number of hydrogen-bond acceptors (Lipinski definition) is 9. The summed E-state index contributed by atoms with van der Waals surface area (Å²) in [5.74, 6) is -4.73. The summed E-state index contributed by atoms with van der Waals surface area (Å²) in [6.45, 7) is 7.65. The Bertz CT molecular complexity index is 1940. The maximum atomic E-state index is 14.6. The molecule has 15 nitrogen and oxygen atoms in total. The second-order valence-electron chi connectivity index (χ2n) is 16.3. The van der Waals surface area contributed by atoms with Gasteiger partial charge < -0.3 is 40.3 Å². The van der Waals surface area contributed by atoms with Crippen LogP contribution in [0.25, 0.3) is 0 Å². The summed E-state index contributed by atoms with van der Waals surface area (Å²) < 4.78 is 20.1. The number of cyclic esters (lactones) is 1. The zero-order chi connectivity index (χ0) is 41.8. The van der Waals surface area contributed by atoms with Gasteiger partial charge in [0.2, 0.25) is 35.4 Å². The van der Waals surface area contributed by atoms with Gasteiger partial charge in [0.25, 0.3) is 0 Å². The smallest absolute Gasteiger partial charge is 0.328 e. The molecule has 6 amide bonds. The van der Waals surface area contributed by atoms with Crippen molar-refractivity contribution < 1.29 is 42.7 Å². The van der Waals surface area contributed by atoms with Crippen molar-refractivity contribution >= 4 is 41.4 Å². The van der Waals surface area contributed by atoms with E-state index in [1.54, 1.807) is 32.0 Å². The van der Waals surface area contributed by atoms with Crippen molar-refractivity contribution in [3.8, 4) is 0 Å². The normalized spacial score (nSPS) is 26.7. The molecule has 4 aliphatic rings. The molecule has 4 heterocycles. The molecule has 4 fully saturated rings. The number of halogens is 1. The molecule has 4 saturated heterocycles. The fourth-order valence-electron chi connectivity index (χ4n) is 8.39. The van der Waals surface area contributed by atoms with E-state index in [2.05, 4.69) is 16.0 Å². The predicted octanol–water partition coefficient (Wildman–Crippen LogP) is 0.629. The number of nitrogens with one attached hydrogen (secondary N) is 3. The number of hydrogen-bond donors (Lipinski definition) is 3. The molecule has 2 aromatic rings. The number of carbonyl (C=O) groups is 7. The number of benzene rings is 2. The number of rotatable bonds is 7. The Balaban J connectivity index is 1.31. The quantitative estimate of drug-likeness (QED) is 0.339. The van der Waals surface area contributed by atoms with E-state index in [1.165, 1.54) is 20.8 Å². The molecule has 0 saturated carbocycles. The SMILES string of the molecule is Cc1cccc(C[C@H](NC(=O)Cc2ccc(C)c(F)c2)C(=O)N[C@H]2COC(=O)[C@@H]3C[C@@H](C)CN3C(=O)[C@H](C)NC(=O)[C@@H]3CN(C)CCN3C(=O)[C@@H]3CCCN3C2=O)c1. The molecule has 0 radical (unpaired) electrons. The van der Waals surface area contributed by atoms with Gasteiger partial charge in [0, 0.05) is 39.1 Å². The van der Waals surface area contributed by atoms with Crippen LogP contribution in [0.15, 0.2) is 42.5 Å². The van der Waals surface area contributed by atoms with Crippen LogP contribution < -0.4 is 16.0 Å². The minimum absolute atomic E-state index is 0.0368. The van der Waals surface area contributed by atoms with Crippen LogP contribution in [0.1, 0.15) is 55.4 Å². The Labute approximate surface area is 338 Å². The summed E-state index contributed by atoms with van der Waals surface area (Å²) in [5, 5.41) is 8.27. The van der Waals surface area contributed by atoms with Crippen LogP contribution in [0.5, 0.6) is 0 Å². The number of carbonyl (C=O) groups excluding carboxylic acids is 7. The highest BCUT2D eigenvalue weighted by atomic mass is 19.1. The van der Waals surface area contributed by atoms with Crippen LogP contribution in [0.3, 0.4) is 0 Å². The fourth-order valence-corrected chi connectivity index (χ4v) is 8.39. The van der Waals surface area contributed by atoms with E-state index in [4.69, 9.17) is 4.74 Å². The second kappa shape index (κ2) is 18.0. The van der Waals surface area contributed by atoms with Gasteiger partial charge >= 0.3 is 5.97 Å². The lowest BCUT2D eigenvalue weighted by Crippen LogP contribution is -2.65. The van der Waals surface area contributed by atoms with E-state index in [1.807, 2.05) is 44.0 Å². The number of piperazine rings is 1. The first kappa shape index (κ1) is 42.2. The molecule has 3 N–H and O–H groups in total. The van der Waals surface area contributed by atoms with Crippen LogP contribution in [-0.2, 0) is 51.1 Å². The molecule has 0 bridgehead atoms. The lowest BCUT2D eigenvalue weighted by atomic mass is 10.0. The first-order valence-electron chi connectivity index (χ1n) is 20.1. The van der Waals surface area contributed by atoms with Crippen molar-refractivity contribution in [3.05, 3.63) is 70.5 Å². The molecule has 58 heavy (non-hydrogen) atoms. The standard InChI is InChI=1S/C42H54FN7O8/c1-24-8-6-9-28(16-24)19-31(45-36(51)20-29-12-11-26(3)30(43)18-29)37(52)46-32-23-58-42(57)34-17-25(2)21-50(34)39(54)27(4)44-38(53)35-22-47(5)14-15-49(35)41(56)33-10-7-13-48(33)40(32)55/h6,8-9,11-12,16,18,25,27,31-35H,7,10,13-15,17,19-23H2,1-5H3,(H,44,53)(H,45,51)(H,46,52)/t25-,27+,31+,32+,33+,34+,35+/m1/s1. The predicted molar refractivity (Wildman–Crippen MR) is 209 cm³/mol. The lowest BCUT2D eigenvalue weighted by molar-refractivity contribution is -0.158. The van der Waals surface area contributed by atoms with Crippen molar-refractivity contribution in [3.63, 3.8) is 0 Å². The van der Waals surface area contributed by atoms with Gasteiger partial charge in [0.1, 0.15) is 48.7 Å². The number of aryl methyl sites for hydroxylation is 2. The Morgan fingerprint density at radius 2 is 1.64 bits per heavy atom. The van der Waals surface area contributed by atoms with Crippen LogP contribution in [0, 0.1) is 25.6 Å². The van der Waals surface area contributed by atoms with Gasteiger partial charge in [-0.15, -0.1) is 0 Å². The van der Waals surface area contributed by atoms with E-state index in [9.17, 15) is 38.0 Å².